The molecule has 0 amide bonds. The SMILES string of the molecule is Cc1[nH]c(C(F)F)cc(=O)c1CC#N. The molecule has 0 saturated heterocycles. The van der Waals surface area contributed by atoms with Gasteiger partial charge in [0.15, 0.2) is 5.43 Å². The number of nitrogens with zero attached hydrogens (tertiary/aromatic N) is 1. The van der Waals surface area contributed by atoms with Gasteiger partial charge in [0.05, 0.1) is 18.2 Å². The maximum absolute atomic E-state index is 12.2. The average Bonchev–Trinajstić information content (AvgIpc) is 2.10. The second kappa shape index (κ2) is 4.01. The van der Waals surface area contributed by atoms with E-state index in [-0.39, 0.29) is 12.0 Å². The zero-order valence-corrected chi connectivity index (χ0v) is 7.47. The summed E-state index contributed by atoms with van der Waals surface area (Å²) >= 11 is 0. The molecule has 0 radical (unpaired) electrons. The lowest BCUT2D eigenvalue weighted by atomic mass is 10.1. The Hall–Kier alpha value is -1.70. The third-order valence-electron chi connectivity index (χ3n) is 1.86. The molecule has 1 heterocycles. The highest BCUT2D eigenvalue weighted by Crippen LogP contribution is 2.15. The summed E-state index contributed by atoms with van der Waals surface area (Å²) in [6.45, 7) is 1.50. The molecule has 1 rings (SSSR count). The van der Waals surface area contributed by atoms with E-state index in [0.29, 0.717) is 5.69 Å². The van der Waals surface area contributed by atoms with Gasteiger partial charge in [-0.1, -0.05) is 0 Å². The van der Waals surface area contributed by atoms with Crippen molar-refractivity contribution in [1.82, 2.24) is 4.98 Å². The third kappa shape index (κ3) is 1.96. The van der Waals surface area contributed by atoms with E-state index in [4.69, 9.17) is 5.26 Å². The van der Waals surface area contributed by atoms with Gasteiger partial charge in [0, 0.05) is 17.3 Å². The molecule has 0 unspecified atom stereocenters. The van der Waals surface area contributed by atoms with Crippen LogP contribution in [0.15, 0.2) is 10.9 Å². The van der Waals surface area contributed by atoms with Crippen LogP contribution in [0.1, 0.15) is 23.4 Å². The second-order valence-electron chi connectivity index (χ2n) is 2.83. The van der Waals surface area contributed by atoms with Gasteiger partial charge in [-0.05, 0) is 6.92 Å². The highest BCUT2D eigenvalue weighted by molar-refractivity contribution is 5.25. The lowest BCUT2D eigenvalue weighted by Gasteiger charge is -2.04. The van der Waals surface area contributed by atoms with Gasteiger partial charge in [0.2, 0.25) is 0 Å². The van der Waals surface area contributed by atoms with E-state index in [9.17, 15) is 13.6 Å². The molecule has 0 spiro atoms. The van der Waals surface area contributed by atoms with Crippen molar-refractivity contribution in [3.8, 4) is 6.07 Å². The van der Waals surface area contributed by atoms with Crippen molar-refractivity contribution in [3.63, 3.8) is 0 Å². The van der Waals surface area contributed by atoms with E-state index in [1.807, 2.05) is 0 Å². The summed E-state index contributed by atoms with van der Waals surface area (Å²) < 4.78 is 24.4. The van der Waals surface area contributed by atoms with E-state index < -0.39 is 17.5 Å². The molecule has 0 bridgehead atoms. The van der Waals surface area contributed by atoms with Crippen LogP contribution in [-0.4, -0.2) is 4.98 Å². The van der Waals surface area contributed by atoms with Crippen LogP contribution in [0.2, 0.25) is 0 Å². The van der Waals surface area contributed by atoms with Crippen molar-refractivity contribution in [2.45, 2.75) is 19.8 Å². The molecular weight excluding hydrogens is 190 g/mol. The number of pyridine rings is 1. The van der Waals surface area contributed by atoms with Crippen molar-refractivity contribution in [3.05, 3.63) is 33.2 Å². The number of aromatic nitrogens is 1. The van der Waals surface area contributed by atoms with Gasteiger partial charge >= 0.3 is 0 Å². The monoisotopic (exact) mass is 198 g/mol. The molecule has 0 aromatic carbocycles. The minimum absolute atomic E-state index is 0.0648. The Morgan fingerprint density at radius 2 is 2.29 bits per heavy atom. The van der Waals surface area contributed by atoms with Crippen LogP contribution in [-0.2, 0) is 6.42 Å². The van der Waals surface area contributed by atoms with Gasteiger partial charge in [-0.3, -0.25) is 4.79 Å². The molecule has 1 aromatic heterocycles. The van der Waals surface area contributed by atoms with Crippen molar-refractivity contribution < 1.29 is 8.78 Å². The summed E-state index contributed by atoms with van der Waals surface area (Å²) in [5, 5.41) is 8.40. The molecule has 0 atom stereocenters. The summed E-state index contributed by atoms with van der Waals surface area (Å²) in [7, 11) is 0. The lowest BCUT2D eigenvalue weighted by Crippen LogP contribution is -2.13. The third-order valence-corrected chi connectivity index (χ3v) is 1.86. The van der Waals surface area contributed by atoms with Crippen LogP contribution in [0.5, 0.6) is 0 Å². The van der Waals surface area contributed by atoms with Crippen LogP contribution in [0, 0.1) is 18.3 Å². The fourth-order valence-corrected chi connectivity index (χ4v) is 1.16. The first-order chi connectivity index (χ1) is 6.56. The molecule has 0 saturated carbocycles. The largest absolute Gasteiger partial charge is 0.357 e. The average molecular weight is 198 g/mol. The molecule has 0 fully saturated rings. The molecule has 0 aliphatic heterocycles. The quantitative estimate of drug-likeness (QED) is 0.786. The highest BCUT2D eigenvalue weighted by Gasteiger charge is 2.12. The summed E-state index contributed by atoms with van der Waals surface area (Å²) in [4.78, 5) is 13.7. The van der Waals surface area contributed by atoms with Gasteiger partial charge in [-0.2, -0.15) is 5.26 Å². The Labute approximate surface area is 79.0 Å². The Bertz CT molecular complexity index is 431. The zero-order chi connectivity index (χ0) is 10.7. The van der Waals surface area contributed by atoms with Gasteiger partial charge in [-0.15, -0.1) is 0 Å². The van der Waals surface area contributed by atoms with Gasteiger partial charge in [-0.25, -0.2) is 8.78 Å². The molecule has 3 nitrogen and oxygen atoms in total. The first-order valence-corrected chi connectivity index (χ1v) is 3.94. The van der Waals surface area contributed by atoms with Crippen molar-refractivity contribution in [2.24, 2.45) is 0 Å². The molecular formula is C9H8F2N2O. The van der Waals surface area contributed by atoms with Crippen molar-refractivity contribution in [1.29, 1.82) is 5.26 Å². The topological polar surface area (TPSA) is 56.6 Å². The number of halogens is 2. The van der Waals surface area contributed by atoms with Crippen LogP contribution in [0.4, 0.5) is 8.78 Å². The predicted molar refractivity (Wildman–Crippen MR) is 46.1 cm³/mol. The molecule has 0 aliphatic rings. The van der Waals surface area contributed by atoms with Crippen molar-refractivity contribution >= 4 is 0 Å². The highest BCUT2D eigenvalue weighted by atomic mass is 19.3. The standard InChI is InChI=1S/C9H8F2N2O/c1-5-6(2-3-12)8(14)4-7(13-5)9(10)11/h4,9H,2H2,1H3,(H,13,14). The smallest absolute Gasteiger partial charge is 0.278 e. The Morgan fingerprint density at radius 3 is 2.71 bits per heavy atom. The maximum atomic E-state index is 12.2. The number of hydrogen-bond acceptors (Lipinski definition) is 2. The molecule has 5 heteroatoms. The van der Waals surface area contributed by atoms with E-state index in [1.165, 1.54) is 6.92 Å². The number of aromatic amines is 1. The van der Waals surface area contributed by atoms with E-state index in [1.54, 1.807) is 6.07 Å². The molecule has 0 aliphatic carbocycles. The molecule has 14 heavy (non-hydrogen) atoms. The van der Waals surface area contributed by atoms with Gasteiger partial charge in [0.25, 0.3) is 6.43 Å². The number of nitrogens with one attached hydrogen (secondary N) is 1. The normalized spacial score (nSPS) is 10.2. The number of alkyl halides is 2. The molecule has 1 N–H and O–H groups in total. The number of aryl methyl sites for hydroxylation is 1. The van der Waals surface area contributed by atoms with Gasteiger partial charge in [0.1, 0.15) is 0 Å². The predicted octanol–water partition coefficient (Wildman–Crippen LogP) is 1.69. The number of H-pyrrole nitrogens is 1. The summed E-state index contributed by atoms with van der Waals surface area (Å²) in [5.74, 6) is 0. The van der Waals surface area contributed by atoms with Crippen LogP contribution >= 0.6 is 0 Å². The van der Waals surface area contributed by atoms with Crippen LogP contribution in [0.25, 0.3) is 0 Å². The number of rotatable bonds is 2. The number of nitriles is 1. The Kier molecular flexibility index (Phi) is 2.97. The van der Waals surface area contributed by atoms with Crippen molar-refractivity contribution in [2.75, 3.05) is 0 Å². The number of hydrogen-bond donors (Lipinski definition) is 1. The molecule has 1 aromatic rings. The van der Waals surface area contributed by atoms with Crippen LogP contribution < -0.4 is 5.43 Å². The molecule has 74 valence electrons. The maximum Gasteiger partial charge on any atom is 0.278 e. The van der Waals surface area contributed by atoms with E-state index in [0.717, 1.165) is 6.07 Å². The van der Waals surface area contributed by atoms with Gasteiger partial charge < -0.3 is 4.98 Å². The second-order valence-corrected chi connectivity index (χ2v) is 2.83. The lowest BCUT2D eigenvalue weighted by molar-refractivity contribution is 0.145. The minimum atomic E-state index is -2.70. The fourth-order valence-electron chi connectivity index (χ4n) is 1.16. The zero-order valence-electron chi connectivity index (χ0n) is 7.47. The van der Waals surface area contributed by atoms with E-state index >= 15 is 0 Å². The Morgan fingerprint density at radius 1 is 1.64 bits per heavy atom. The first kappa shape index (κ1) is 10.4. The van der Waals surface area contributed by atoms with E-state index in [2.05, 4.69) is 4.98 Å². The Balaban J connectivity index is 3.27. The summed E-state index contributed by atoms with van der Waals surface area (Å²) in [6.07, 6.45) is -2.76. The first-order valence-electron chi connectivity index (χ1n) is 3.94. The minimum Gasteiger partial charge on any atom is -0.357 e. The summed E-state index contributed by atoms with van der Waals surface area (Å²) in [5.41, 5.74) is -0.349. The summed E-state index contributed by atoms with van der Waals surface area (Å²) in [6, 6.07) is 2.64. The fraction of sp³-hybridized carbons (Fsp3) is 0.333. The van der Waals surface area contributed by atoms with Crippen LogP contribution in [0.3, 0.4) is 0 Å².